The zero-order chi connectivity index (χ0) is 15.5. The van der Waals surface area contributed by atoms with Crippen molar-refractivity contribution < 1.29 is 9.90 Å². The van der Waals surface area contributed by atoms with Crippen molar-refractivity contribution in [3.05, 3.63) is 58.7 Å². The van der Waals surface area contributed by atoms with Crippen LogP contribution in [0.2, 0.25) is 5.02 Å². The van der Waals surface area contributed by atoms with E-state index < -0.39 is 5.97 Å². The molecular weight excluding hydrogens is 322 g/mol. The molecule has 0 unspecified atom stereocenters. The van der Waals surface area contributed by atoms with Crippen molar-refractivity contribution in [1.29, 1.82) is 0 Å². The monoisotopic (exact) mass is 331 g/mol. The third kappa shape index (κ3) is 2.93. The Labute approximate surface area is 135 Å². The minimum atomic E-state index is -1.04. The van der Waals surface area contributed by atoms with Gasteiger partial charge in [-0.05, 0) is 24.3 Å². The fraction of sp³-hybridized carbons (Fsp3) is 0. The first-order chi connectivity index (χ1) is 10.6. The largest absolute Gasteiger partial charge is 0.477 e. The van der Waals surface area contributed by atoms with Gasteiger partial charge < -0.3 is 10.4 Å². The normalized spacial score (nSPS) is 10.4. The number of thiazole rings is 1. The zero-order valence-electron chi connectivity index (χ0n) is 11.2. The Morgan fingerprint density at radius 2 is 2.05 bits per heavy atom. The summed E-state index contributed by atoms with van der Waals surface area (Å²) in [5.74, 6) is -0.772. The topological polar surface area (TPSA) is 75.1 Å². The van der Waals surface area contributed by atoms with E-state index in [1.54, 1.807) is 36.7 Å². The summed E-state index contributed by atoms with van der Waals surface area (Å²) in [5, 5.41) is 13.4. The Hall–Kier alpha value is -2.44. The lowest BCUT2D eigenvalue weighted by Crippen LogP contribution is -2.00. The average molecular weight is 332 g/mol. The highest BCUT2D eigenvalue weighted by Gasteiger charge is 2.19. The molecule has 0 radical (unpaired) electrons. The molecule has 7 heteroatoms. The molecule has 0 bridgehead atoms. The summed E-state index contributed by atoms with van der Waals surface area (Å²) in [4.78, 5) is 19.9. The average Bonchev–Trinajstić information content (AvgIpc) is 2.95. The molecule has 2 aromatic heterocycles. The third-order valence-electron chi connectivity index (χ3n) is 2.86. The lowest BCUT2D eigenvalue weighted by molar-refractivity contribution is 0.0703. The SMILES string of the molecule is O=C(O)c1sc(-c2cccnc2)nc1Nc1ccccc1Cl. The highest BCUT2D eigenvalue weighted by atomic mass is 35.5. The summed E-state index contributed by atoms with van der Waals surface area (Å²) in [6.45, 7) is 0. The van der Waals surface area contributed by atoms with Gasteiger partial charge in [0.05, 0.1) is 10.7 Å². The number of carboxylic acid groups (broad SMARTS) is 1. The quantitative estimate of drug-likeness (QED) is 0.745. The Morgan fingerprint density at radius 1 is 1.23 bits per heavy atom. The number of aromatic nitrogens is 2. The molecule has 0 aliphatic heterocycles. The molecule has 0 atom stereocenters. The van der Waals surface area contributed by atoms with E-state index in [0.29, 0.717) is 15.7 Å². The van der Waals surface area contributed by atoms with E-state index in [2.05, 4.69) is 15.3 Å². The Morgan fingerprint density at radius 3 is 2.73 bits per heavy atom. The second kappa shape index (κ2) is 6.13. The van der Waals surface area contributed by atoms with Gasteiger partial charge in [0.2, 0.25) is 0 Å². The van der Waals surface area contributed by atoms with Gasteiger partial charge in [0, 0.05) is 18.0 Å². The summed E-state index contributed by atoms with van der Waals surface area (Å²) in [6, 6.07) is 10.7. The minimum absolute atomic E-state index is 0.124. The van der Waals surface area contributed by atoms with E-state index >= 15 is 0 Å². The van der Waals surface area contributed by atoms with Crippen LogP contribution < -0.4 is 5.32 Å². The second-order valence-corrected chi connectivity index (χ2v) is 5.75. The van der Waals surface area contributed by atoms with Crippen LogP contribution in [0.5, 0.6) is 0 Å². The molecule has 3 rings (SSSR count). The lowest BCUT2D eigenvalue weighted by atomic mass is 10.3. The van der Waals surface area contributed by atoms with Gasteiger partial charge in [-0.1, -0.05) is 23.7 Å². The number of halogens is 1. The van der Waals surface area contributed by atoms with Crippen LogP contribution in [-0.2, 0) is 0 Å². The van der Waals surface area contributed by atoms with E-state index in [-0.39, 0.29) is 10.7 Å². The summed E-state index contributed by atoms with van der Waals surface area (Å²) >= 11 is 7.18. The van der Waals surface area contributed by atoms with E-state index in [4.69, 9.17) is 11.6 Å². The maximum Gasteiger partial charge on any atom is 0.349 e. The minimum Gasteiger partial charge on any atom is -0.477 e. The number of benzene rings is 1. The number of anilines is 2. The number of rotatable bonds is 4. The maximum absolute atomic E-state index is 11.4. The van der Waals surface area contributed by atoms with E-state index in [9.17, 15) is 9.90 Å². The predicted octanol–water partition coefficient (Wildman–Crippen LogP) is 4.30. The second-order valence-electron chi connectivity index (χ2n) is 4.35. The number of para-hydroxylation sites is 1. The number of carboxylic acids is 1. The number of nitrogens with zero attached hydrogens (tertiary/aromatic N) is 2. The van der Waals surface area contributed by atoms with E-state index in [1.807, 2.05) is 12.1 Å². The number of carbonyl (C=O) groups is 1. The molecule has 0 saturated heterocycles. The first-order valence-corrected chi connectivity index (χ1v) is 7.50. The highest BCUT2D eigenvalue weighted by molar-refractivity contribution is 7.17. The molecule has 0 saturated carbocycles. The van der Waals surface area contributed by atoms with Gasteiger partial charge in [-0.15, -0.1) is 11.3 Å². The van der Waals surface area contributed by atoms with Crippen LogP contribution in [0.3, 0.4) is 0 Å². The fourth-order valence-electron chi connectivity index (χ4n) is 1.85. The Balaban J connectivity index is 2.02. The molecule has 0 aliphatic rings. The first-order valence-electron chi connectivity index (χ1n) is 6.31. The number of hydrogen-bond donors (Lipinski definition) is 2. The van der Waals surface area contributed by atoms with Gasteiger partial charge in [0.25, 0.3) is 0 Å². The molecule has 3 aromatic rings. The number of hydrogen-bond acceptors (Lipinski definition) is 5. The summed E-state index contributed by atoms with van der Waals surface area (Å²) < 4.78 is 0. The Bertz CT molecular complexity index is 821. The smallest absolute Gasteiger partial charge is 0.349 e. The number of nitrogens with one attached hydrogen (secondary N) is 1. The molecule has 0 spiro atoms. The van der Waals surface area contributed by atoms with Gasteiger partial charge in [-0.3, -0.25) is 4.98 Å². The molecule has 1 aromatic carbocycles. The van der Waals surface area contributed by atoms with Crippen LogP contribution >= 0.6 is 22.9 Å². The summed E-state index contributed by atoms with van der Waals surface area (Å²) in [6.07, 6.45) is 3.29. The van der Waals surface area contributed by atoms with E-state index in [0.717, 1.165) is 16.9 Å². The molecule has 0 fully saturated rings. The molecule has 2 N–H and O–H groups in total. The fourth-order valence-corrected chi connectivity index (χ4v) is 2.89. The van der Waals surface area contributed by atoms with Crippen molar-refractivity contribution in [2.75, 3.05) is 5.32 Å². The van der Waals surface area contributed by atoms with Gasteiger partial charge in [0.1, 0.15) is 5.01 Å². The van der Waals surface area contributed by atoms with Crippen LogP contribution in [0.25, 0.3) is 10.6 Å². The van der Waals surface area contributed by atoms with Crippen LogP contribution in [0, 0.1) is 0 Å². The number of pyridine rings is 1. The van der Waals surface area contributed by atoms with Gasteiger partial charge >= 0.3 is 5.97 Å². The van der Waals surface area contributed by atoms with Gasteiger partial charge in [-0.25, -0.2) is 9.78 Å². The van der Waals surface area contributed by atoms with Crippen molar-refractivity contribution in [1.82, 2.24) is 9.97 Å². The van der Waals surface area contributed by atoms with Crippen LogP contribution in [0.4, 0.5) is 11.5 Å². The summed E-state index contributed by atoms with van der Waals surface area (Å²) in [5.41, 5.74) is 1.37. The molecule has 0 amide bonds. The molecule has 2 heterocycles. The van der Waals surface area contributed by atoms with Crippen molar-refractivity contribution in [3.8, 4) is 10.6 Å². The van der Waals surface area contributed by atoms with Gasteiger partial charge in [0.15, 0.2) is 10.7 Å². The van der Waals surface area contributed by atoms with Crippen LogP contribution in [0.15, 0.2) is 48.8 Å². The van der Waals surface area contributed by atoms with Gasteiger partial charge in [-0.2, -0.15) is 0 Å². The molecule has 5 nitrogen and oxygen atoms in total. The zero-order valence-corrected chi connectivity index (χ0v) is 12.7. The van der Waals surface area contributed by atoms with Crippen molar-refractivity contribution in [2.45, 2.75) is 0 Å². The van der Waals surface area contributed by atoms with E-state index in [1.165, 1.54) is 0 Å². The predicted molar refractivity (Wildman–Crippen MR) is 87.0 cm³/mol. The first kappa shape index (κ1) is 14.5. The molecular formula is C15H10ClN3O2S. The standard InChI is InChI=1S/C15H10ClN3O2S/c16-10-5-1-2-6-11(10)18-13-12(15(20)21)22-14(19-13)9-4-3-7-17-8-9/h1-8,18H,(H,20,21). The Kier molecular flexibility index (Phi) is 4.04. The molecule has 110 valence electrons. The maximum atomic E-state index is 11.4. The number of aromatic carboxylic acids is 1. The van der Waals surface area contributed by atoms with Crippen molar-refractivity contribution >= 4 is 40.4 Å². The molecule has 22 heavy (non-hydrogen) atoms. The summed E-state index contributed by atoms with van der Waals surface area (Å²) in [7, 11) is 0. The van der Waals surface area contributed by atoms with Crippen LogP contribution in [0.1, 0.15) is 9.67 Å². The highest BCUT2D eigenvalue weighted by Crippen LogP contribution is 2.33. The van der Waals surface area contributed by atoms with Crippen molar-refractivity contribution in [3.63, 3.8) is 0 Å². The third-order valence-corrected chi connectivity index (χ3v) is 4.28. The lowest BCUT2D eigenvalue weighted by Gasteiger charge is -2.05. The molecule has 0 aliphatic carbocycles. The van der Waals surface area contributed by atoms with Crippen molar-refractivity contribution in [2.24, 2.45) is 0 Å². The van der Waals surface area contributed by atoms with Crippen LogP contribution in [-0.4, -0.2) is 21.0 Å².